The van der Waals surface area contributed by atoms with E-state index in [1.807, 2.05) is 0 Å². The van der Waals surface area contributed by atoms with Crippen LogP contribution in [0, 0.1) is 6.92 Å². The van der Waals surface area contributed by atoms with E-state index >= 15 is 0 Å². The molecule has 0 aliphatic heterocycles. The molecule has 0 aliphatic rings. The summed E-state index contributed by atoms with van der Waals surface area (Å²) in [6.07, 6.45) is 1.76. The summed E-state index contributed by atoms with van der Waals surface area (Å²) in [5, 5.41) is 0. The number of amides is 2. The highest BCUT2D eigenvalue weighted by molar-refractivity contribution is 5.71. The molecule has 0 atom stereocenters. The smallest absolute Gasteiger partial charge is 0.314 e. The number of nitrogens with zero attached hydrogens (tertiary/aromatic N) is 1. The van der Waals surface area contributed by atoms with Crippen LogP contribution in [0.2, 0.25) is 0 Å². The first-order chi connectivity index (χ1) is 4.18. The minimum absolute atomic E-state index is 0.372. The molecular weight excluding hydrogens is 116 g/mol. The topological polar surface area (TPSA) is 46.3 Å². The van der Waals surface area contributed by atoms with E-state index in [0.717, 1.165) is 12.8 Å². The molecule has 9 heavy (non-hydrogen) atoms. The second-order valence-corrected chi connectivity index (χ2v) is 1.97. The van der Waals surface area contributed by atoms with Gasteiger partial charge in [0.1, 0.15) is 0 Å². The summed E-state index contributed by atoms with van der Waals surface area (Å²) in [6, 6.07) is -0.372. The Bertz CT molecular complexity index is 93.1. The number of unbranched alkanes of at least 4 members (excludes halogenated alkanes) is 1. The molecule has 0 unspecified atom stereocenters. The fraction of sp³-hybridized carbons (Fsp3) is 0.667. The lowest BCUT2D eigenvalue weighted by Gasteiger charge is -2.11. The van der Waals surface area contributed by atoms with E-state index < -0.39 is 0 Å². The first kappa shape index (κ1) is 8.27. The highest BCUT2D eigenvalue weighted by Crippen LogP contribution is 1.89. The van der Waals surface area contributed by atoms with Gasteiger partial charge in [0.2, 0.25) is 0 Å². The monoisotopic (exact) mass is 129 g/mol. The number of hydrogen-bond donors (Lipinski definition) is 1. The minimum atomic E-state index is -0.372. The maximum absolute atomic E-state index is 10.3. The van der Waals surface area contributed by atoms with Crippen LogP contribution in [0.4, 0.5) is 4.79 Å². The minimum Gasteiger partial charge on any atom is -0.351 e. The molecule has 0 rings (SSSR count). The maximum Gasteiger partial charge on any atom is 0.314 e. The molecule has 3 nitrogen and oxygen atoms in total. The number of carbonyl (C=O) groups excluding carboxylic acids is 1. The zero-order chi connectivity index (χ0) is 7.28. The van der Waals surface area contributed by atoms with Gasteiger partial charge in [-0.05, 0) is 6.42 Å². The molecule has 0 heterocycles. The lowest BCUT2D eigenvalue weighted by molar-refractivity contribution is 0.218. The molecule has 2 N–H and O–H groups in total. The zero-order valence-corrected chi connectivity index (χ0v) is 5.76. The maximum atomic E-state index is 10.3. The van der Waals surface area contributed by atoms with Crippen LogP contribution in [0.5, 0.6) is 0 Å². The lowest BCUT2D eigenvalue weighted by atomic mass is 10.3. The molecule has 0 saturated carbocycles. The largest absolute Gasteiger partial charge is 0.351 e. The van der Waals surface area contributed by atoms with Crippen molar-refractivity contribution in [2.45, 2.75) is 12.8 Å². The lowest BCUT2D eigenvalue weighted by Crippen LogP contribution is -2.32. The van der Waals surface area contributed by atoms with Gasteiger partial charge in [-0.3, -0.25) is 0 Å². The third kappa shape index (κ3) is 3.82. The van der Waals surface area contributed by atoms with E-state index in [0.29, 0.717) is 6.54 Å². The van der Waals surface area contributed by atoms with E-state index in [9.17, 15) is 4.79 Å². The molecular formula is C6H13N2O. The Morgan fingerprint density at radius 1 is 1.78 bits per heavy atom. The van der Waals surface area contributed by atoms with E-state index in [-0.39, 0.29) is 6.03 Å². The van der Waals surface area contributed by atoms with Gasteiger partial charge < -0.3 is 10.6 Å². The standard InChI is InChI=1S/C6H13N2O/c1-3-4-5-8(2)6(7)9/h1,3-5H2,2H3,(H2,7,9). The summed E-state index contributed by atoms with van der Waals surface area (Å²) in [6.45, 7) is 4.35. The van der Waals surface area contributed by atoms with Crippen molar-refractivity contribution in [1.82, 2.24) is 4.90 Å². The molecule has 1 radical (unpaired) electrons. The number of nitrogens with two attached hydrogens (primary N) is 1. The highest BCUT2D eigenvalue weighted by Gasteiger charge is 1.99. The number of rotatable bonds is 3. The second kappa shape index (κ2) is 4.18. The number of primary amides is 1. The van der Waals surface area contributed by atoms with Gasteiger partial charge in [-0.2, -0.15) is 0 Å². The quantitative estimate of drug-likeness (QED) is 0.596. The van der Waals surface area contributed by atoms with Crippen molar-refractivity contribution in [2.24, 2.45) is 5.73 Å². The van der Waals surface area contributed by atoms with E-state index in [1.54, 1.807) is 7.05 Å². The Balaban J connectivity index is 3.27. The van der Waals surface area contributed by atoms with Gasteiger partial charge in [0, 0.05) is 13.6 Å². The highest BCUT2D eigenvalue weighted by atomic mass is 16.2. The number of hydrogen-bond acceptors (Lipinski definition) is 1. The molecule has 3 heteroatoms. The van der Waals surface area contributed by atoms with Crippen LogP contribution in [0.3, 0.4) is 0 Å². The van der Waals surface area contributed by atoms with Crippen molar-refractivity contribution in [2.75, 3.05) is 13.6 Å². The van der Waals surface area contributed by atoms with Crippen LogP contribution in [0.15, 0.2) is 0 Å². The van der Waals surface area contributed by atoms with Crippen molar-refractivity contribution in [1.29, 1.82) is 0 Å². The summed E-state index contributed by atoms with van der Waals surface area (Å²) in [5.74, 6) is 0. The van der Waals surface area contributed by atoms with Gasteiger partial charge in [0.05, 0.1) is 0 Å². The number of carbonyl (C=O) groups is 1. The van der Waals surface area contributed by atoms with Crippen molar-refractivity contribution < 1.29 is 4.79 Å². The van der Waals surface area contributed by atoms with Crippen molar-refractivity contribution in [3.05, 3.63) is 6.92 Å². The molecule has 0 aromatic heterocycles. The van der Waals surface area contributed by atoms with Crippen LogP contribution in [-0.2, 0) is 0 Å². The normalized spacial score (nSPS) is 9.11. The SMILES string of the molecule is [CH2]CCCN(C)C(N)=O. The fourth-order valence-electron chi connectivity index (χ4n) is 0.459. The molecule has 0 spiro atoms. The summed E-state index contributed by atoms with van der Waals surface area (Å²) in [4.78, 5) is 11.8. The van der Waals surface area contributed by atoms with Crippen LogP contribution in [0.1, 0.15) is 12.8 Å². The average molecular weight is 129 g/mol. The van der Waals surface area contributed by atoms with Gasteiger partial charge in [-0.25, -0.2) is 4.79 Å². The Morgan fingerprint density at radius 2 is 2.33 bits per heavy atom. The van der Waals surface area contributed by atoms with Gasteiger partial charge in [-0.15, -0.1) is 0 Å². The molecule has 2 amide bonds. The van der Waals surface area contributed by atoms with Crippen molar-refractivity contribution in [3.8, 4) is 0 Å². The van der Waals surface area contributed by atoms with Crippen LogP contribution < -0.4 is 5.73 Å². The third-order valence-corrected chi connectivity index (χ3v) is 1.12. The summed E-state index contributed by atoms with van der Waals surface area (Å²) >= 11 is 0. The van der Waals surface area contributed by atoms with Crippen molar-refractivity contribution in [3.63, 3.8) is 0 Å². The summed E-state index contributed by atoms with van der Waals surface area (Å²) < 4.78 is 0. The van der Waals surface area contributed by atoms with Crippen LogP contribution in [0.25, 0.3) is 0 Å². The second-order valence-electron chi connectivity index (χ2n) is 1.97. The van der Waals surface area contributed by atoms with Gasteiger partial charge in [0.15, 0.2) is 0 Å². The fourth-order valence-corrected chi connectivity index (χ4v) is 0.459. The Morgan fingerprint density at radius 3 is 2.67 bits per heavy atom. The van der Waals surface area contributed by atoms with Crippen LogP contribution in [-0.4, -0.2) is 24.5 Å². The molecule has 0 aromatic rings. The Kier molecular flexibility index (Phi) is 3.84. The van der Waals surface area contributed by atoms with Crippen LogP contribution >= 0.6 is 0 Å². The summed E-state index contributed by atoms with van der Waals surface area (Å²) in [7, 11) is 1.68. The number of urea groups is 1. The predicted octanol–water partition coefficient (Wildman–Crippen LogP) is 0.611. The average Bonchev–Trinajstić information content (AvgIpc) is 1.82. The molecule has 0 aliphatic carbocycles. The first-order valence-corrected chi connectivity index (χ1v) is 2.98. The Hall–Kier alpha value is -0.730. The van der Waals surface area contributed by atoms with Gasteiger partial charge in [0.25, 0.3) is 0 Å². The zero-order valence-electron chi connectivity index (χ0n) is 5.76. The van der Waals surface area contributed by atoms with E-state index in [2.05, 4.69) is 6.92 Å². The molecule has 0 fully saturated rings. The first-order valence-electron chi connectivity index (χ1n) is 2.98. The van der Waals surface area contributed by atoms with E-state index in [4.69, 9.17) is 5.73 Å². The van der Waals surface area contributed by atoms with E-state index in [1.165, 1.54) is 4.90 Å². The molecule has 0 bridgehead atoms. The van der Waals surface area contributed by atoms with Crippen molar-refractivity contribution >= 4 is 6.03 Å². The van der Waals surface area contributed by atoms with Gasteiger partial charge >= 0.3 is 6.03 Å². The van der Waals surface area contributed by atoms with Gasteiger partial charge in [-0.1, -0.05) is 13.3 Å². The predicted molar refractivity (Wildman–Crippen MR) is 36.8 cm³/mol. The molecule has 0 aromatic carbocycles. The molecule has 53 valence electrons. The molecule has 0 saturated heterocycles. The summed E-state index contributed by atoms with van der Waals surface area (Å²) in [5.41, 5.74) is 4.94. The Labute approximate surface area is 55.8 Å². The third-order valence-electron chi connectivity index (χ3n) is 1.12.